The van der Waals surface area contributed by atoms with Crippen LogP contribution in [0.1, 0.15) is 102 Å². The Hall–Kier alpha value is -2.82. The van der Waals surface area contributed by atoms with Gasteiger partial charge in [0.05, 0.1) is 0 Å². The summed E-state index contributed by atoms with van der Waals surface area (Å²) in [5.74, 6) is 0.312. The molecule has 3 aromatic rings. The van der Waals surface area contributed by atoms with E-state index in [0.717, 1.165) is 33.4 Å². The first-order valence-corrected chi connectivity index (χ1v) is 19.8. The summed E-state index contributed by atoms with van der Waals surface area (Å²) in [6, 6.07) is 13.2. The van der Waals surface area contributed by atoms with Crippen molar-refractivity contribution in [3.8, 4) is 0 Å². The molecule has 0 spiro atoms. The quantitative estimate of drug-likeness (QED) is 0.251. The first-order chi connectivity index (χ1) is 21.7. The summed E-state index contributed by atoms with van der Waals surface area (Å²) in [4.78, 5) is 30.1. The summed E-state index contributed by atoms with van der Waals surface area (Å²) < 4.78 is 2.60. The molecule has 0 unspecified atom stereocenters. The van der Waals surface area contributed by atoms with Gasteiger partial charge in [-0.1, -0.05) is 0 Å². The normalized spacial score (nSPS) is 16.6. The van der Waals surface area contributed by atoms with E-state index >= 15 is 0 Å². The number of Topliss-reactive ketones (excluding diaryl/α,β-unsaturated/α-hetero) is 2. The number of allylic oxidation sites excluding steroid dienone is 10. The molecule has 47 heavy (non-hydrogen) atoms. The molecule has 2 nitrogen and oxygen atoms in total. The fraction of sp³-hybridized carbons (Fsp3) is 0.381. The maximum absolute atomic E-state index is 13.8. The van der Waals surface area contributed by atoms with Crippen LogP contribution in [-0.4, -0.2) is 26.1 Å². The van der Waals surface area contributed by atoms with Gasteiger partial charge in [0.2, 0.25) is 0 Å². The summed E-state index contributed by atoms with van der Waals surface area (Å²) in [7, 11) is 0. The van der Waals surface area contributed by atoms with Crippen molar-refractivity contribution in [1.82, 2.24) is 0 Å². The number of carbonyl (C=O) groups is 2. The molecule has 0 atom stereocenters. The minimum absolute atomic E-state index is 0.0154. The van der Waals surface area contributed by atoms with Crippen molar-refractivity contribution in [3.05, 3.63) is 124 Å². The first-order valence-electron chi connectivity index (χ1n) is 16.3. The van der Waals surface area contributed by atoms with Crippen LogP contribution < -0.4 is 0 Å². The Morgan fingerprint density at radius 1 is 0.489 bits per heavy atom. The summed E-state index contributed by atoms with van der Waals surface area (Å²) in [5, 5.41) is 4.28. The van der Waals surface area contributed by atoms with Crippen LogP contribution >= 0.6 is 22.7 Å². The Balaban J connectivity index is 1.82. The molecule has 246 valence electrons. The monoisotopic (exact) mass is 728 g/mol. The summed E-state index contributed by atoms with van der Waals surface area (Å²) in [5.41, 5.74) is 6.98. The summed E-state index contributed by atoms with van der Waals surface area (Å²) in [6.07, 6.45) is 8.63. The third kappa shape index (κ3) is 7.30. The average Bonchev–Trinajstić information content (AvgIpc) is 3.72. The second-order valence-electron chi connectivity index (χ2n) is 16.7. The zero-order valence-electron chi connectivity index (χ0n) is 30.0. The molecular formula is C42H48O2S2Se. The number of thiophene rings is 2. The Bertz CT molecular complexity index is 1690. The van der Waals surface area contributed by atoms with Gasteiger partial charge in [-0.2, -0.15) is 0 Å². The van der Waals surface area contributed by atoms with Crippen LogP contribution in [0.25, 0.3) is 11.1 Å². The molecule has 2 aliphatic rings. The molecule has 0 saturated carbocycles. The van der Waals surface area contributed by atoms with E-state index < -0.39 is 0 Å². The van der Waals surface area contributed by atoms with Crippen LogP contribution in [0.15, 0.2) is 105 Å². The fourth-order valence-corrected chi connectivity index (χ4v) is 10.4. The molecule has 0 aromatic carbocycles. The molecular weight excluding hydrogens is 680 g/mol. The SMILES string of the molecule is CC(C)(C)C1=CC(=C(c2cccs2)c2ccc(C(=C3C=C(C(C)(C)C)C(=O)C(C(C)(C)C)=C3)c3cccs3)[se]2)C=C(C(C)(C)C)C1=O. The molecule has 0 fully saturated rings. The van der Waals surface area contributed by atoms with Crippen molar-refractivity contribution in [3.63, 3.8) is 0 Å². The van der Waals surface area contributed by atoms with Crippen LogP contribution in [0.2, 0.25) is 0 Å². The molecule has 5 rings (SSSR count). The Morgan fingerprint density at radius 2 is 0.787 bits per heavy atom. The van der Waals surface area contributed by atoms with Crippen LogP contribution in [-0.2, 0) is 9.59 Å². The predicted molar refractivity (Wildman–Crippen MR) is 204 cm³/mol. The van der Waals surface area contributed by atoms with E-state index in [1.807, 2.05) is 0 Å². The van der Waals surface area contributed by atoms with E-state index in [9.17, 15) is 9.59 Å². The van der Waals surface area contributed by atoms with Crippen molar-refractivity contribution in [1.29, 1.82) is 0 Å². The van der Waals surface area contributed by atoms with Gasteiger partial charge in [0, 0.05) is 0 Å². The third-order valence-electron chi connectivity index (χ3n) is 8.62. The van der Waals surface area contributed by atoms with E-state index in [1.54, 1.807) is 22.7 Å². The van der Waals surface area contributed by atoms with E-state index in [1.165, 1.54) is 29.8 Å². The third-order valence-corrected chi connectivity index (χ3v) is 12.7. The van der Waals surface area contributed by atoms with E-state index in [4.69, 9.17) is 0 Å². The fourth-order valence-electron chi connectivity index (χ4n) is 6.03. The number of ketones is 2. The zero-order chi connectivity index (χ0) is 34.7. The van der Waals surface area contributed by atoms with Gasteiger partial charge in [-0.05, 0) is 0 Å². The topological polar surface area (TPSA) is 34.1 Å². The minimum atomic E-state index is -0.282. The molecule has 0 radical (unpaired) electrons. The van der Waals surface area contributed by atoms with Gasteiger partial charge >= 0.3 is 298 Å². The van der Waals surface area contributed by atoms with Crippen LogP contribution in [0.4, 0.5) is 0 Å². The van der Waals surface area contributed by atoms with Gasteiger partial charge in [0.15, 0.2) is 0 Å². The van der Waals surface area contributed by atoms with Gasteiger partial charge in [-0.3, -0.25) is 0 Å². The van der Waals surface area contributed by atoms with E-state index in [2.05, 4.69) is 155 Å². The number of hydrogen-bond donors (Lipinski definition) is 0. The van der Waals surface area contributed by atoms with Crippen LogP contribution in [0.3, 0.4) is 0 Å². The molecule has 5 heteroatoms. The average molecular weight is 728 g/mol. The van der Waals surface area contributed by atoms with Crippen molar-refractivity contribution < 1.29 is 9.59 Å². The van der Waals surface area contributed by atoms with Crippen molar-refractivity contribution in [2.45, 2.75) is 83.1 Å². The Labute approximate surface area is 296 Å². The Morgan fingerprint density at radius 3 is 1.02 bits per heavy atom. The summed E-state index contributed by atoms with van der Waals surface area (Å²) in [6.45, 7) is 25.6. The molecule has 3 heterocycles. The second kappa shape index (κ2) is 12.6. The number of rotatable bonds is 4. The Kier molecular flexibility index (Phi) is 9.49. The van der Waals surface area contributed by atoms with Gasteiger partial charge in [0.25, 0.3) is 0 Å². The van der Waals surface area contributed by atoms with E-state index in [-0.39, 0.29) is 47.7 Å². The molecule has 0 amide bonds. The van der Waals surface area contributed by atoms with Crippen molar-refractivity contribution in [2.75, 3.05) is 0 Å². The molecule has 0 aliphatic heterocycles. The number of carbonyl (C=O) groups excluding carboxylic acids is 2. The van der Waals surface area contributed by atoms with Gasteiger partial charge in [-0.25, -0.2) is 0 Å². The number of hydrogen-bond acceptors (Lipinski definition) is 4. The molecule has 2 aliphatic carbocycles. The van der Waals surface area contributed by atoms with Crippen LogP contribution in [0, 0.1) is 21.7 Å². The molecule has 0 saturated heterocycles. The van der Waals surface area contributed by atoms with Crippen molar-refractivity contribution >= 4 is 59.9 Å². The standard InChI is InChI=1S/C42H48O2S2Se/c1-39(2,3)27-21-25(22-28(37(27)43)40(4,5)6)35(31-15-13-19-45-31)33-17-18-34(47-33)36(32-16-14-20-46-32)26-23-29(41(7,8)9)38(44)30(24-26)42(10,11)12/h13-24H,1-12H3. The maximum atomic E-state index is 13.8. The van der Waals surface area contributed by atoms with Gasteiger partial charge in [-0.15, -0.1) is 0 Å². The van der Waals surface area contributed by atoms with Gasteiger partial charge in [0.1, 0.15) is 0 Å². The zero-order valence-corrected chi connectivity index (χ0v) is 33.3. The first kappa shape index (κ1) is 35.5. The summed E-state index contributed by atoms with van der Waals surface area (Å²) >= 11 is 3.48. The van der Waals surface area contributed by atoms with Crippen LogP contribution in [0.5, 0.6) is 0 Å². The van der Waals surface area contributed by atoms with Crippen molar-refractivity contribution in [2.24, 2.45) is 21.7 Å². The predicted octanol–water partition coefficient (Wildman–Crippen LogP) is 11.5. The van der Waals surface area contributed by atoms with E-state index in [0.29, 0.717) is 0 Å². The molecule has 3 aromatic heterocycles. The van der Waals surface area contributed by atoms with Gasteiger partial charge < -0.3 is 0 Å². The molecule has 0 N–H and O–H groups in total. The molecule has 0 bridgehead atoms. The second-order valence-corrected chi connectivity index (χ2v) is 20.8.